The van der Waals surface area contributed by atoms with Crippen LogP contribution in [0, 0.1) is 0 Å². The van der Waals surface area contributed by atoms with E-state index in [1.807, 2.05) is 11.3 Å². The van der Waals surface area contributed by atoms with Gasteiger partial charge in [0.15, 0.2) is 0 Å². The molecule has 0 spiro atoms. The average Bonchev–Trinajstić information content (AvgIpc) is 3.74. The van der Waals surface area contributed by atoms with Crippen LogP contribution in [-0.4, -0.2) is 4.57 Å². The lowest BCUT2D eigenvalue weighted by Gasteiger charge is -2.33. The Morgan fingerprint density at radius 1 is 0.500 bits per heavy atom. The zero-order valence-corrected chi connectivity index (χ0v) is 28.1. The molecule has 2 unspecified atom stereocenters. The zero-order chi connectivity index (χ0) is 33.0. The van der Waals surface area contributed by atoms with Gasteiger partial charge in [0.25, 0.3) is 0 Å². The predicted molar refractivity (Wildman–Crippen MR) is 212 cm³/mol. The number of hydrogen-bond acceptors (Lipinski definition) is 3. The lowest BCUT2D eigenvalue weighted by atomic mass is 9.95. The van der Waals surface area contributed by atoms with Crippen LogP contribution in [0.4, 0.5) is 0 Å². The van der Waals surface area contributed by atoms with Crippen molar-refractivity contribution in [2.75, 3.05) is 0 Å². The molecule has 0 bridgehead atoms. The highest BCUT2D eigenvalue weighted by Gasteiger charge is 2.24. The molecular weight excluding hydrogens is 627 g/mol. The average molecular weight is 660 g/mol. The molecule has 7 aromatic carbocycles. The molecule has 2 atom stereocenters. The second-order valence-corrected chi connectivity index (χ2v) is 14.1. The fourth-order valence-electron chi connectivity index (χ4n) is 7.72. The maximum absolute atomic E-state index is 3.85. The van der Waals surface area contributed by atoms with Gasteiger partial charge in [0.05, 0.1) is 17.1 Å². The number of aromatic nitrogens is 1. The Balaban J connectivity index is 1.07. The minimum atomic E-state index is -0.00718. The number of fused-ring (bicyclic) bond motifs is 6. The van der Waals surface area contributed by atoms with E-state index in [0.717, 1.165) is 5.70 Å². The van der Waals surface area contributed by atoms with Crippen LogP contribution in [0.15, 0.2) is 176 Å². The van der Waals surface area contributed by atoms with Crippen LogP contribution in [-0.2, 0) is 0 Å². The number of thiophene rings is 1. The third-order valence-electron chi connectivity index (χ3n) is 10.1. The Morgan fingerprint density at radius 2 is 1.20 bits per heavy atom. The fourth-order valence-corrected chi connectivity index (χ4v) is 8.80. The first-order valence-electron chi connectivity index (χ1n) is 17.2. The summed E-state index contributed by atoms with van der Waals surface area (Å²) in [6.45, 7) is 0. The third kappa shape index (κ3) is 4.84. The maximum atomic E-state index is 3.85. The second-order valence-electron chi connectivity index (χ2n) is 13.0. The van der Waals surface area contributed by atoms with Crippen LogP contribution in [0.3, 0.4) is 0 Å². The van der Waals surface area contributed by atoms with Gasteiger partial charge in [0.2, 0.25) is 0 Å². The number of nitrogens with one attached hydrogen (secondary N) is 2. The molecule has 2 N–H and O–H groups in total. The molecule has 238 valence electrons. The van der Waals surface area contributed by atoms with Crippen molar-refractivity contribution in [3.05, 3.63) is 193 Å². The van der Waals surface area contributed by atoms with Crippen molar-refractivity contribution in [3.8, 4) is 16.8 Å². The van der Waals surface area contributed by atoms with Crippen molar-refractivity contribution in [2.45, 2.75) is 12.2 Å². The second kappa shape index (κ2) is 11.9. The molecule has 0 fully saturated rings. The van der Waals surface area contributed by atoms with Crippen molar-refractivity contribution >= 4 is 59.0 Å². The Hall–Kier alpha value is -5.94. The highest BCUT2D eigenvalue weighted by molar-refractivity contribution is 7.25. The fraction of sp³-hybridized carbons (Fsp3) is 0.0435. The molecule has 0 saturated carbocycles. The molecule has 3 nitrogen and oxygen atoms in total. The summed E-state index contributed by atoms with van der Waals surface area (Å²) in [6, 6.07) is 61.6. The summed E-state index contributed by atoms with van der Waals surface area (Å²) in [5, 5.41) is 12.8. The zero-order valence-electron chi connectivity index (χ0n) is 27.3. The normalized spacial score (nSPS) is 16.2. The van der Waals surface area contributed by atoms with Crippen molar-refractivity contribution in [1.82, 2.24) is 15.2 Å². The maximum Gasteiger partial charge on any atom is 0.104 e. The van der Waals surface area contributed by atoms with Gasteiger partial charge in [-0.25, -0.2) is 0 Å². The first kappa shape index (κ1) is 29.0. The monoisotopic (exact) mass is 659 g/mol. The van der Waals surface area contributed by atoms with Crippen LogP contribution in [0.1, 0.15) is 28.9 Å². The lowest BCUT2D eigenvalue weighted by molar-refractivity contribution is 0.442. The van der Waals surface area contributed by atoms with Gasteiger partial charge in [-0.2, -0.15) is 0 Å². The van der Waals surface area contributed by atoms with Crippen LogP contribution in [0.2, 0.25) is 0 Å². The van der Waals surface area contributed by atoms with Gasteiger partial charge in [0.1, 0.15) is 6.17 Å². The van der Waals surface area contributed by atoms with Crippen molar-refractivity contribution in [1.29, 1.82) is 0 Å². The lowest BCUT2D eigenvalue weighted by Crippen LogP contribution is -2.39. The van der Waals surface area contributed by atoms with E-state index in [-0.39, 0.29) is 12.2 Å². The quantitative estimate of drug-likeness (QED) is 0.193. The largest absolute Gasteiger partial charge is 0.366 e. The number of nitrogens with zero attached hydrogens (tertiary/aromatic N) is 1. The van der Waals surface area contributed by atoms with Gasteiger partial charge >= 0.3 is 0 Å². The summed E-state index contributed by atoms with van der Waals surface area (Å²) in [5.41, 5.74) is 10.8. The molecule has 0 saturated heterocycles. The Bertz CT molecular complexity index is 2700. The van der Waals surface area contributed by atoms with E-state index >= 15 is 0 Å². The molecule has 0 amide bonds. The Labute approximate surface area is 294 Å². The molecule has 1 aliphatic heterocycles. The molecule has 9 aromatic rings. The number of benzene rings is 7. The van der Waals surface area contributed by atoms with Crippen LogP contribution >= 0.6 is 11.3 Å². The summed E-state index contributed by atoms with van der Waals surface area (Å²) in [6.07, 6.45) is 2.30. The molecule has 3 heterocycles. The van der Waals surface area contributed by atoms with E-state index in [0.29, 0.717) is 0 Å². The third-order valence-corrected chi connectivity index (χ3v) is 11.2. The van der Waals surface area contributed by atoms with E-state index < -0.39 is 0 Å². The number of hydrogen-bond donors (Lipinski definition) is 2. The standard InChI is InChI=1S/C46H33N3S/c1-3-12-31(13-4-1)39-29-40(48-46(47-39)33-14-5-2-6-15-33)32-24-22-30(23-25-32)35-18-11-20-42-45(35)37-17-7-9-19-41(37)49(42)34-26-27-44-38(28-34)36-16-8-10-21-43(36)50-44/h1-29,40,46-48H. The summed E-state index contributed by atoms with van der Waals surface area (Å²) in [7, 11) is 0. The minimum Gasteiger partial charge on any atom is -0.366 e. The van der Waals surface area contributed by atoms with E-state index in [9.17, 15) is 0 Å². The van der Waals surface area contributed by atoms with Gasteiger partial charge in [-0.1, -0.05) is 133 Å². The van der Waals surface area contributed by atoms with E-state index in [2.05, 4.69) is 191 Å². The van der Waals surface area contributed by atoms with Gasteiger partial charge in [-0.05, 0) is 70.3 Å². The van der Waals surface area contributed by atoms with Crippen molar-refractivity contribution in [3.63, 3.8) is 0 Å². The van der Waals surface area contributed by atoms with Gasteiger partial charge in [0, 0.05) is 42.3 Å². The van der Waals surface area contributed by atoms with E-state index in [1.54, 1.807) is 0 Å². The SMILES string of the molecule is C1=C(c2ccccc2)NC(c2ccccc2)NC1c1ccc(-c2cccc3c2c2ccccc2n3-c2ccc3sc4ccccc4c3c2)cc1. The Morgan fingerprint density at radius 3 is 2.04 bits per heavy atom. The Kier molecular flexibility index (Phi) is 6.90. The van der Waals surface area contributed by atoms with Crippen molar-refractivity contribution in [2.24, 2.45) is 0 Å². The molecule has 1 aliphatic rings. The predicted octanol–water partition coefficient (Wildman–Crippen LogP) is 11.8. The van der Waals surface area contributed by atoms with Crippen LogP contribution < -0.4 is 10.6 Å². The van der Waals surface area contributed by atoms with Gasteiger partial charge in [-0.15, -0.1) is 11.3 Å². The number of rotatable bonds is 5. The van der Waals surface area contributed by atoms with Crippen molar-refractivity contribution < 1.29 is 0 Å². The summed E-state index contributed by atoms with van der Waals surface area (Å²) >= 11 is 1.86. The summed E-state index contributed by atoms with van der Waals surface area (Å²) in [4.78, 5) is 0. The van der Waals surface area contributed by atoms with E-state index in [1.165, 1.54) is 75.5 Å². The molecule has 2 aromatic heterocycles. The van der Waals surface area contributed by atoms with Gasteiger partial charge < -0.3 is 9.88 Å². The summed E-state index contributed by atoms with van der Waals surface area (Å²) in [5.74, 6) is 0. The minimum absolute atomic E-state index is 0.00718. The highest BCUT2D eigenvalue weighted by Crippen LogP contribution is 2.41. The molecule has 50 heavy (non-hydrogen) atoms. The highest BCUT2D eigenvalue weighted by atomic mass is 32.1. The molecule has 0 aliphatic carbocycles. The smallest absolute Gasteiger partial charge is 0.104 e. The molecular formula is C46H33N3S. The molecule has 10 rings (SSSR count). The first-order chi connectivity index (χ1) is 24.8. The first-order valence-corrected chi connectivity index (χ1v) is 18.0. The van der Waals surface area contributed by atoms with E-state index in [4.69, 9.17) is 0 Å². The molecule has 0 radical (unpaired) electrons. The van der Waals surface area contributed by atoms with Crippen LogP contribution in [0.25, 0.3) is 64.5 Å². The molecule has 4 heteroatoms. The van der Waals surface area contributed by atoms with Crippen LogP contribution in [0.5, 0.6) is 0 Å². The van der Waals surface area contributed by atoms with Gasteiger partial charge in [-0.3, -0.25) is 5.32 Å². The summed E-state index contributed by atoms with van der Waals surface area (Å²) < 4.78 is 5.09. The number of para-hydroxylation sites is 1. The topological polar surface area (TPSA) is 29.0 Å².